The first kappa shape index (κ1) is 32.7. The number of hydrogen-bond acceptors (Lipinski definition) is 2. The van der Waals surface area contributed by atoms with Crippen LogP contribution in [0.4, 0.5) is 0 Å². The standard InChI is InChI=1S/C48H40N4/c1-3-35(2)36-24-26-41(27-25-36)48-49-51(46-30-42(37-16-8-4-9-17-37)28-43(31-46)38-18-10-5-11-19-38)34-52(50-48)47-32-44(39-20-12-6-13-21-39)29-45(33-47)40-22-14-7-15-23-40/h4-35H,3H2,1-2H3/q+2. The predicted molar refractivity (Wildman–Crippen MR) is 211 cm³/mol. The van der Waals surface area contributed by atoms with Crippen LogP contribution in [0.15, 0.2) is 188 Å². The van der Waals surface area contributed by atoms with Gasteiger partial charge >= 0.3 is 6.33 Å². The van der Waals surface area contributed by atoms with Gasteiger partial charge < -0.3 is 0 Å². The molecule has 7 aromatic carbocycles. The molecule has 4 heteroatoms. The molecular weight excluding hydrogens is 633 g/mol. The topological polar surface area (TPSA) is 33.5 Å². The molecule has 8 aromatic rings. The molecule has 0 saturated carbocycles. The molecule has 0 fully saturated rings. The van der Waals surface area contributed by atoms with Crippen molar-refractivity contribution in [2.24, 2.45) is 0 Å². The van der Waals surface area contributed by atoms with Gasteiger partial charge in [-0.2, -0.15) is 0 Å². The summed E-state index contributed by atoms with van der Waals surface area (Å²) in [6.07, 6.45) is 3.08. The molecule has 0 amide bonds. The Morgan fingerprint density at radius 3 is 1.08 bits per heavy atom. The van der Waals surface area contributed by atoms with Gasteiger partial charge in [0.2, 0.25) is 11.4 Å². The number of benzene rings is 7. The van der Waals surface area contributed by atoms with Crippen LogP contribution in [0, 0.1) is 0 Å². The van der Waals surface area contributed by atoms with Gasteiger partial charge in [-0.05, 0) is 74.5 Å². The molecule has 52 heavy (non-hydrogen) atoms. The zero-order valence-corrected chi connectivity index (χ0v) is 29.5. The second kappa shape index (κ2) is 14.8. The van der Waals surface area contributed by atoms with Gasteiger partial charge in [0.05, 0.1) is 0 Å². The highest BCUT2D eigenvalue weighted by molar-refractivity contribution is 5.76. The molecule has 0 aliphatic carbocycles. The second-order valence-electron chi connectivity index (χ2n) is 13.3. The Balaban J connectivity index is 1.36. The number of nitrogens with zero attached hydrogens (tertiary/aromatic N) is 4. The summed E-state index contributed by atoms with van der Waals surface area (Å²) in [7, 11) is 0. The van der Waals surface area contributed by atoms with Crippen LogP contribution in [0.1, 0.15) is 31.7 Å². The summed E-state index contributed by atoms with van der Waals surface area (Å²) in [4.78, 5) is 0. The van der Waals surface area contributed by atoms with Crippen molar-refractivity contribution in [2.45, 2.75) is 26.2 Å². The number of rotatable bonds is 9. The molecule has 1 aromatic heterocycles. The number of aromatic nitrogens is 4. The lowest BCUT2D eigenvalue weighted by atomic mass is 9.97. The monoisotopic (exact) mass is 672 g/mol. The summed E-state index contributed by atoms with van der Waals surface area (Å²) in [5.41, 5.74) is 13.2. The molecule has 0 spiro atoms. The third-order valence-electron chi connectivity index (χ3n) is 9.77. The van der Waals surface area contributed by atoms with E-state index < -0.39 is 0 Å². The van der Waals surface area contributed by atoms with Crippen LogP contribution < -0.4 is 9.36 Å². The van der Waals surface area contributed by atoms with Crippen molar-refractivity contribution in [3.63, 3.8) is 0 Å². The first-order chi connectivity index (χ1) is 25.6. The Hall–Kier alpha value is -6.52. The van der Waals surface area contributed by atoms with Gasteiger partial charge in [0.25, 0.3) is 5.82 Å². The van der Waals surface area contributed by atoms with E-state index in [-0.39, 0.29) is 0 Å². The zero-order chi connectivity index (χ0) is 35.3. The van der Waals surface area contributed by atoms with Crippen molar-refractivity contribution in [2.75, 3.05) is 0 Å². The zero-order valence-electron chi connectivity index (χ0n) is 29.5. The van der Waals surface area contributed by atoms with Gasteiger partial charge in [0, 0.05) is 49.4 Å². The summed E-state index contributed by atoms with van der Waals surface area (Å²) in [5, 5.41) is 10.4. The molecule has 8 rings (SSSR count). The minimum absolute atomic E-state index is 0.481. The van der Waals surface area contributed by atoms with Crippen molar-refractivity contribution in [1.82, 2.24) is 10.2 Å². The molecule has 1 atom stereocenters. The third kappa shape index (κ3) is 7.05. The molecule has 0 aliphatic rings. The fourth-order valence-electron chi connectivity index (χ4n) is 6.62. The second-order valence-corrected chi connectivity index (χ2v) is 13.3. The third-order valence-corrected chi connectivity index (χ3v) is 9.77. The quantitative estimate of drug-likeness (QED) is 0.143. The summed E-state index contributed by atoms with van der Waals surface area (Å²) in [6, 6.07) is 64.2. The van der Waals surface area contributed by atoms with E-state index >= 15 is 0 Å². The molecule has 0 bridgehead atoms. The molecule has 1 heterocycles. The lowest BCUT2D eigenvalue weighted by Crippen LogP contribution is -2.50. The van der Waals surface area contributed by atoms with Crippen molar-refractivity contribution < 1.29 is 9.36 Å². The first-order valence-corrected chi connectivity index (χ1v) is 18.0. The largest absolute Gasteiger partial charge is 0.469 e. The van der Waals surface area contributed by atoms with Gasteiger partial charge in [0.1, 0.15) is 0 Å². The van der Waals surface area contributed by atoms with Crippen molar-refractivity contribution in [1.29, 1.82) is 0 Å². The van der Waals surface area contributed by atoms with Gasteiger partial charge in [-0.1, -0.05) is 159 Å². The molecule has 1 unspecified atom stereocenters. The van der Waals surface area contributed by atoms with E-state index in [2.05, 4.69) is 196 Å². The van der Waals surface area contributed by atoms with Crippen LogP contribution in [-0.4, -0.2) is 10.2 Å². The lowest BCUT2D eigenvalue weighted by molar-refractivity contribution is -0.796. The van der Waals surface area contributed by atoms with E-state index in [1.165, 1.54) is 5.56 Å². The van der Waals surface area contributed by atoms with Crippen LogP contribution in [0.25, 0.3) is 67.3 Å². The molecule has 250 valence electrons. The van der Waals surface area contributed by atoms with Crippen LogP contribution in [0.5, 0.6) is 0 Å². The Kier molecular flexibility index (Phi) is 9.27. The average molecular weight is 673 g/mol. The number of hydrogen-bond donors (Lipinski definition) is 0. The van der Waals surface area contributed by atoms with E-state index in [9.17, 15) is 0 Å². The maximum absolute atomic E-state index is 5.21. The van der Waals surface area contributed by atoms with E-state index in [1.54, 1.807) is 0 Å². The van der Waals surface area contributed by atoms with Gasteiger partial charge in [-0.15, -0.1) is 0 Å². The first-order valence-electron chi connectivity index (χ1n) is 18.0. The molecule has 0 radical (unpaired) electrons. The van der Waals surface area contributed by atoms with Gasteiger partial charge in [-0.25, -0.2) is 0 Å². The van der Waals surface area contributed by atoms with Gasteiger partial charge in [-0.3, -0.25) is 0 Å². The highest BCUT2D eigenvalue weighted by atomic mass is 15.4. The van der Waals surface area contributed by atoms with Crippen molar-refractivity contribution >= 4 is 0 Å². The Morgan fingerprint density at radius 2 is 0.750 bits per heavy atom. The molecule has 0 N–H and O–H groups in total. The summed E-state index contributed by atoms with van der Waals surface area (Å²) in [6.45, 7) is 4.50. The smallest absolute Gasteiger partial charge is 0.0648 e. The summed E-state index contributed by atoms with van der Waals surface area (Å²) < 4.78 is 3.95. The van der Waals surface area contributed by atoms with Crippen LogP contribution in [0.3, 0.4) is 0 Å². The fourth-order valence-corrected chi connectivity index (χ4v) is 6.62. The maximum Gasteiger partial charge on any atom is 0.469 e. The van der Waals surface area contributed by atoms with Gasteiger partial charge in [0.15, 0.2) is 0 Å². The predicted octanol–water partition coefficient (Wildman–Crippen LogP) is 10.9. The minimum atomic E-state index is 0.481. The summed E-state index contributed by atoms with van der Waals surface area (Å²) in [5.74, 6) is 1.12. The molecular formula is C48H40N4+2. The molecule has 0 saturated heterocycles. The lowest BCUT2D eigenvalue weighted by Gasteiger charge is -2.09. The van der Waals surface area contributed by atoms with E-state index in [0.717, 1.165) is 67.9 Å². The average Bonchev–Trinajstić information content (AvgIpc) is 3.24. The molecule has 0 aliphatic heterocycles. The summed E-state index contributed by atoms with van der Waals surface area (Å²) >= 11 is 0. The Labute approximate surface area is 306 Å². The highest BCUT2D eigenvalue weighted by Gasteiger charge is 2.26. The van der Waals surface area contributed by atoms with E-state index in [4.69, 9.17) is 10.2 Å². The fraction of sp³-hybridized carbons (Fsp3) is 0.0833. The van der Waals surface area contributed by atoms with Crippen LogP contribution in [-0.2, 0) is 0 Å². The van der Waals surface area contributed by atoms with Crippen molar-refractivity contribution in [3.8, 4) is 67.3 Å². The normalized spacial score (nSPS) is 11.7. The van der Waals surface area contributed by atoms with Crippen LogP contribution >= 0.6 is 0 Å². The molecule has 4 nitrogen and oxygen atoms in total. The van der Waals surface area contributed by atoms with E-state index in [0.29, 0.717) is 11.7 Å². The Bertz CT molecular complexity index is 2170. The maximum atomic E-state index is 5.21. The van der Waals surface area contributed by atoms with Crippen LogP contribution in [0.2, 0.25) is 0 Å². The SMILES string of the molecule is CCC(C)c1ccc(-c2n[n+](-c3cc(-c4ccccc4)cc(-c4ccccc4)c3)c[n+](-c3cc(-c4ccccc4)cc(-c4ccccc4)c3)n2)cc1. The highest BCUT2D eigenvalue weighted by Crippen LogP contribution is 2.30. The Morgan fingerprint density at radius 1 is 0.404 bits per heavy atom. The van der Waals surface area contributed by atoms with E-state index in [1.807, 2.05) is 15.7 Å². The van der Waals surface area contributed by atoms with Crippen molar-refractivity contribution in [3.05, 3.63) is 194 Å². The minimum Gasteiger partial charge on any atom is -0.0648 e.